The maximum absolute atomic E-state index is 12.4. The van der Waals surface area contributed by atoms with Crippen molar-refractivity contribution < 1.29 is 52.1 Å². The molecule has 37 heavy (non-hydrogen) atoms. The van der Waals surface area contributed by atoms with Crippen molar-refractivity contribution in [2.24, 2.45) is 10.2 Å². The van der Waals surface area contributed by atoms with Gasteiger partial charge in [0, 0.05) is 17.2 Å². The summed E-state index contributed by atoms with van der Waals surface area (Å²) in [5.74, 6) is 0.237. The molecule has 7 nitrogen and oxygen atoms in total. The molecule has 3 rings (SSSR count). The first-order chi connectivity index (χ1) is 17.4. The molecule has 9 heteroatoms. The van der Waals surface area contributed by atoms with Crippen molar-refractivity contribution in [3.63, 3.8) is 0 Å². The van der Waals surface area contributed by atoms with Crippen LogP contribution in [-0.2, 0) is 14.9 Å². The quantitative estimate of drug-likeness (QED) is 0.0726. The van der Waals surface area contributed by atoms with Crippen LogP contribution in [0.4, 0.5) is 11.4 Å². The fraction of sp³-hybridized carbons (Fsp3) is 0.393. The number of azo groups is 1. The summed E-state index contributed by atoms with van der Waals surface area (Å²) in [5, 5.41) is 9.95. The van der Waals surface area contributed by atoms with Crippen LogP contribution in [0.5, 0.6) is 5.75 Å². The second-order valence-electron chi connectivity index (χ2n) is 8.83. The van der Waals surface area contributed by atoms with Crippen molar-refractivity contribution in [2.75, 3.05) is 0 Å². The second-order valence-corrected chi connectivity index (χ2v) is 10.2. The summed E-state index contributed by atoms with van der Waals surface area (Å²) in [6, 6.07) is 16.1. The molecule has 0 radical (unpaired) electrons. The molecule has 0 aliphatic heterocycles. The molecule has 3 aromatic rings. The van der Waals surface area contributed by atoms with Crippen LogP contribution in [0.2, 0.25) is 0 Å². The van der Waals surface area contributed by atoms with Gasteiger partial charge in [-0.15, -0.1) is 5.11 Å². The van der Waals surface area contributed by atoms with Gasteiger partial charge in [-0.3, -0.25) is 4.79 Å². The summed E-state index contributed by atoms with van der Waals surface area (Å²) in [6.45, 7) is 2.22. The molecule has 0 aliphatic rings. The van der Waals surface area contributed by atoms with Gasteiger partial charge in [0.1, 0.15) is 15.9 Å². The molecule has 0 fully saturated rings. The van der Waals surface area contributed by atoms with Gasteiger partial charge in [0.05, 0.1) is 16.3 Å². The van der Waals surface area contributed by atoms with E-state index in [9.17, 15) is 17.8 Å². The first kappa shape index (κ1) is 31.1. The number of ether oxygens (including phenoxy) is 1. The molecule has 0 spiro atoms. The van der Waals surface area contributed by atoms with Crippen molar-refractivity contribution in [1.82, 2.24) is 0 Å². The smallest absolute Gasteiger partial charge is 0.744 e. The Morgan fingerprint density at radius 1 is 0.784 bits per heavy atom. The van der Waals surface area contributed by atoms with Gasteiger partial charge in [0.2, 0.25) is 0 Å². The molecule has 0 amide bonds. The van der Waals surface area contributed by atoms with Crippen LogP contribution < -0.4 is 34.3 Å². The first-order valence-electron chi connectivity index (χ1n) is 12.6. The standard InChI is InChI=1S/C28H34N2O5S.Na/c1-2-3-4-5-6-7-8-9-10-15-28(31)35-27-21-20-26(24-13-11-12-14-25(24)27)30-29-22-16-18-23(19-17-22)36(32,33)34;/h11-14,16-21H,2-10,15H2,1H3,(H,32,33,34);/q;+1/p-1. The summed E-state index contributed by atoms with van der Waals surface area (Å²) < 4.78 is 38.9. The maximum Gasteiger partial charge on any atom is 1.00 e. The molecule has 0 N–H and O–H groups in total. The molecular formula is C28H33N2NaO5S. The molecule has 0 aliphatic carbocycles. The SMILES string of the molecule is CCCCCCCCCCCC(=O)Oc1ccc(N=Nc2ccc(S(=O)(=O)[O-])cc2)c2ccccc12.[Na+]. The normalized spacial score (nSPS) is 11.5. The average molecular weight is 533 g/mol. The molecule has 0 heterocycles. The molecule has 0 atom stereocenters. The fourth-order valence-corrected chi connectivity index (χ4v) is 4.45. The minimum absolute atomic E-state index is 0. The summed E-state index contributed by atoms with van der Waals surface area (Å²) in [4.78, 5) is 12.1. The van der Waals surface area contributed by atoms with Gasteiger partial charge < -0.3 is 9.29 Å². The van der Waals surface area contributed by atoms with Gasteiger partial charge in [-0.25, -0.2) is 8.42 Å². The van der Waals surface area contributed by atoms with Gasteiger partial charge in [-0.05, 0) is 42.8 Å². The van der Waals surface area contributed by atoms with Crippen LogP contribution in [0, 0.1) is 0 Å². The Kier molecular flexibility index (Phi) is 13.5. The van der Waals surface area contributed by atoms with Gasteiger partial charge in [-0.2, -0.15) is 5.11 Å². The van der Waals surface area contributed by atoms with E-state index in [4.69, 9.17) is 4.74 Å². The van der Waals surface area contributed by atoms with Crippen LogP contribution in [0.1, 0.15) is 71.1 Å². The van der Waals surface area contributed by atoms with Crippen molar-refractivity contribution >= 4 is 38.2 Å². The number of carbonyl (C=O) groups excluding carboxylic acids is 1. The van der Waals surface area contributed by atoms with E-state index in [-0.39, 0.29) is 40.4 Å². The van der Waals surface area contributed by atoms with E-state index in [1.165, 1.54) is 62.8 Å². The third-order valence-corrected chi connectivity index (χ3v) is 6.82. The van der Waals surface area contributed by atoms with Crippen molar-refractivity contribution in [3.8, 4) is 5.75 Å². The molecule has 0 saturated carbocycles. The third-order valence-electron chi connectivity index (χ3n) is 5.97. The van der Waals surface area contributed by atoms with Crippen LogP contribution in [0.25, 0.3) is 10.8 Å². The maximum atomic E-state index is 12.4. The number of fused-ring (bicyclic) bond motifs is 1. The molecule has 0 unspecified atom stereocenters. The van der Waals surface area contributed by atoms with Gasteiger partial charge >= 0.3 is 35.5 Å². The summed E-state index contributed by atoms with van der Waals surface area (Å²) in [6.07, 6.45) is 11.1. The van der Waals surface area contributed by atoms with Crippen LogP contribution in [-0.4, -0.2) is 18.9 Å². The number of esters is 1. The number of carbonyl (C=O) groups is 1. The number of benzene rings is 3. The Bertz CT molecular complexity index is 1280. The predicted molar refractivity (Wildman–Crippen MR) is 140 cm³/mol. The monoisotopic (exact) mass is 532 g/mol. The Morgan fingerprint density at radius 2 is 1.38 bits per heavy atom. The van der Waals surface area contributed by atoms with E-state index in [2.05, 4.69) is 17.2 Å². The molecule has 0 bridgehead atoms. The average Bonchev–Trinajstić information content (AvgIpc) is 2.87. The van der Waals surface area contributed by atoms with Crippen LogP contribution in [0.3, 0.4) is 0 Å². The zero-order valence-corrected chi connectivity index (χ0v) is 24.5. The minimum atomic E-state index is -4.51. The molecule has 0 saturated heterocycles. The van der Waals surface area contributed by atoms with E-state index in [1.54, 1.807) is 12.1 Å². The number of hydrogen-bond donors (Lipinski definition) is 0. The van der Waals surface area contributed by atoms with Gasteiger partial charge in [0.25, 0.3) is 0 Å². The van der Waals surface area contributed by atoms with E-state index >= 15 is 0 Å². The van der Waals surface area contributed by atoms with E-state index in [1.807, 2.05) is 24.3 Å². The third kappa shape index (κ3) is 10.3. The first-order valence-corrected chi connectivity index (χ1v) is 14.0. The second kappa shape index (κ2) is 16.0. The molecule has 0 aromatic heterocycles. The summed E-state index contributed by atoms with van der Waals surface area (Å²) >= 11 is 0. The zero-order valence-electron chi connectivity index (χ0n) is 21.7. The van der Waals surface area contributed by atoms with Crippen LogP contribution >= 0.6 is 0 Å². The number of nitrogens with zero attached hydrogens (tertiary/aromatic N) is 2. The van der Waals surface area contributed by atoms with Crippen molar-refractivity contribution in [2.45, 2.75) is 76.0 Å². The Balaban J connectivity index is 0.00000481. The number of unbranched alkanes of at least 4 members (excludes halogenated alkanes) is 8. The minimum Gasteiger partial charge on any atom is -0.744 e. The molecule has 3 aromatic carbocycles. The summed E-state index contributed by atoms with van der Waals surface area (Å²) in [7, 11) is -4.51. The Hall–Kier alpha value is -2.10. The molecular weight excluding hydrogens is 499 g/mol. The zero-order chi connectivity index (χ0) is 25.8. The Morgan fingerprint density at radius 3 is 2.00 bits per heavy atom. The van der Waals surface area contributed by atoms with Crippen molar-refractivity contribution in [3.05, 3.63) is 60.7 Å². The Labute approximate surface area is 241 Å². The fourth-order valence-electron chi connectivity index (χ4n) is 3.98. The summed E-state index contributed by atoms with van der Waals surface area (Å²) in [5.41, 5.74) is 0.979. The van der Waals surface area contributed by atoms with Gasteiger partial charge in [0.15, 0.2) is 0 Å². The van der Waals surface area contributed by atoms with Gasteiger partial charge in [-0.1, -0.05) is 82.6 Å². The van der Waals surface area contributed by atoms with Crippen LogP contribution in [0.15, 0.2) is 75.8 Å². The number of hydrogen-bond acceptors (Lipinski definition) is 7. The molecule has 192 valence electrons. The van der Waals surface area contributed by atoms with E-state index in [0.717, 1.165) is 30.0 Å². The number of rotatable bonds is 14. The predicted octanol–water partition coefficient (Wildman–Crippen LogP) is 4.99. The van der Waals surface area contributed by atoms with Crippen molar-refractivity contribution in [1.29, 1.82) is 0 Å². The topological polar surface area (TPSA) is 108 Å². The largest absolute Gasteiger partial charge is 1.00 e. The van der Waals surface area contributed by atoms with E-state index < -0.39 is 10.1 Å². The van der Waals surface area contributed by atoms with E-state index in [0.29, 0.717) is 23.5 Å².